The van der Waals surface area contributed by atoms with Crippen LogP contribution in [-0.2, 0) is 11.3 Å². The number of rotatable bonds is 6. The molecule has 2 N–H and O–H groups in total. The predicted molar refractivity (Wildman–Crippen MR) is 77.3 cm³/mol. The molecule has 1 aliphatic carbocycles. The van der Waals surface area contributed by atoms with Crippen molar-refractivity contribution in [1.82, 2.24) is 0 Å². The average Bonchev–Trinajstić information content (AvgIpc) is 2.48. The second-order valence-electron chi connectivity index (χ2n) is 5.48. The van der Waals surface area contributed by atoms with Crippen molar-refractivity contribution in [3.8, 4) is 0 Å². The van der Waals surface area contributed by atoms with Crippen molar-refractivity contribution in [2.75, 3.05) is 13.2 Å². The van der Waals surface area contributed by atoms with E-state index in [9.17, 15) is 10.1 Å². The topological polar surface area (TPSA) is 78.4 Å². The summed E-state index contributed by atoms with van der Waals surface area (Å²) in [6, 6.07) is 6.62. The number of ether oxygens (including phenoxy) is 1. The van der Waals surface area contributed by atoms with Gasteiger partial charge in [0, 0.05) is 12.1 Å². The number of hydrogen-bond acceptors (Lipinski definition) is 4. The fourth-order valence-electron chi connectivity index (χ4n) is 2.90. The highest BCUT2D eigenvalue weighted by Crippen LogP contribution is 2.29. The quantitative estimate of drug-likeness (QED) is 0.641. The first-order valence-corrected chi connectivity index (χ1v) is 7.22. The Labute approximate surface area is 119 Å². The van der Waals surface area contributed by atoms with Crippen molar-refractivity contribution in [1.29, 1.82) is 0 Å². The minimum Gasteiger partial charge on any atom is -0.376 e. The van der Waals surface area contributed by atoms with Crippen LogP contribution in [0.4, 0.5) is 5.69 Å². The fraction of sp³-hybridized carbons (Fsp3) is 0.600. The molecule has 1 fully saturated rings. The summed E-state index contributed by atoms with van der Waals surface area (Å²) in [5.74, 6) is 1.10. The first kappa shape index (κ1) is 14.9. The third-order valence-corrected chi connectivity index (χ3v) is 4.09. The number of nitrogens with two attached hydrogens (primary N) is 1. The molecule has 0 heterocycles. The number of nitro groups is 1. The molecule has 110 valence electrons. The van der Waals surface area contributed by atoms with Gasteiger partial charge < -0.3 is 10.5 Å². The van der Waals surface area contributed by atoms with Gasteiger partial charge in [-0.3, -0.25) is 10.1 Å². The van der Waals surface area contributed by atoms with Crippen LogP contribution < -0.4 is 5.73 Å². The maximum absolute atomic E-state index is 10.7. The predicted octanol–water partition coefficient (Wildman–Crippen LogP) is 2.88. The Kier molecular flexibility index (Phi) is 5.49. The molecule has 1 saturated carbocycles. The second kappa shape index (κ2) is 7.36. The van der Waals surface area contributed by atoms with Crippen molar-refractivity contribution in [2.24, 2.45) is 17.6 Å². The van der Waals surface area contributed by atoms with E-state index in [4.69, 9.17) is 10.5 Å². The normalized spacial score (nSPS) is 22.6. The smallest absolute Gasteiger partial charge is 0.269 e. The van der Waals surface area contributed by atoms with E-state index in [0.717, 1.165) is 12.1 Å². The maximum Gasteiger partial charge on any atom is 0.269 e. The molecule has 0 amide bonds. The van der Waals surface area contributed by atoms with Gasteiger partial charge in [0.25, 0.3) is 5.69 Å². The van der Waals surface area contributed by atoms with Gasteiger partial charge in [-0.2, -0.15) is 0 Å². The molecular formula is C15H22N2O3. The van der Waals surface area contributed by atoms with Crippen molar-refractivity contribution in [3.63, 3.8) is 0 Å². The van der Waals surface area contributed by atoms with E-state index in [1.165, 1.54) is 31.7 Å². The van der Waals surface area contributed by atoms with E-state index in [1.54, 1.807) is 12.1 Å². The van der Waals surface area contributed by atoms with Gasteiger partial charge in [-0.15, -0.1) is 0 Å². The number of benzene rings is 1. The number of nitro benzene ring substituents is 1. The monoisotopic (exact) mass is 278 g/mol. The SMILES string of the molecule is NCC1CCCCC1COCc1cccc([N+](=O)[O-])c1. The van der Waals surface area contributed by atoms with E-state index in [1.807, 2.05) is 6.07 Å². The first-order valence-electron chi connectivity index (χ1n) is 7.22. The molecule has 0 aliphatic heterocycles. The van der Waals surface area contributed by atoms with Gasteiger partial charge in [0.2, 0.25) is 0 Å². The number of non-ortho nitro benzene ring substituents is 1. The number of nitrogens with zero attached hydrogens (tertiary/aromatic N) is 1. The Bertz CT molecular complexity index is 450. The zero-order valence-corrected chi connectivity index (χ0v) is 11.7. The molecule has 0 saturated heterocycles. The summed E-state index contributed by atoms with van der Waals surface area (Å²) in [4.78, 5) is 10.3. The Balaban J connectivity index is 1.83. The lowest BCUT2D eigenvalue weighted by Crippen LogP contribution is -2.29. The second-order valence-corrected chi connectivity index (χ2v) is 5.48. The highest BCUT2D eigenvalue weighted by atomic mass is 16.6. The molecule has 2 unspecified atom stereocenters. The van der Waals surface area contributed by atoms with E-state index in [2.05, 4.69) is 0 Å². The first-order chi connectivity index (χ1) is 9.70. The molecule has 2 rings (SSSR count). The summed E-state index contributed by atoms with van der Waals surface area (Å²) >= 11 is 0. The zero-order chi connectivity index (χ0) is 14.4. The molecular weight excluding hydrogens is 256 g/mol. The van der Waals surface area contributed by atoms with Gasteiger partial charge in [0.1, 0.15) is 0 Å². The van der Waals surface area contributed by atoms with Crippen LogP contribution in [0.1, 0.15) is 31.2 Å². The van der Waals surface area contributed by atoms with Gasteiger partial charge in [-0.25, -0.2) is 0 Å². The third-order valence-electron chi connectivity index (χ3n) is 4.09. The van der Waals surface area contributed by atoms with Crippen LogP contribution in [0, 0.1) is 22.0 Å². The Morgan fingerprint density at radius 1 is 1.30 bits per heavy atom. The lowest BCUT2D eigenvalue weighted by atomic mass is 9.80. The molecule has 1 aliphatic rings. The van der Waals surface area contributed by atoms with Crippen LogP contribution in [0.15, 0.2) is 24.3 Å². The van der Waals surface area contributed by atoms with Crippen LogP contribution in [0.2, 0.25) is 0 Å². The van der Waals surface area contributed by atoms with Gasteiger partial charge in [0.05, 0.1) is 18.1 Å². The molecule has 5 nitrogen and oxygen atoms in total. The maximum atomic E-state index is 10.7. The largest absolute Gasteiger partial charge is 0.376 e. The van der Waals surface area contributed by atoms with Crippen molar-refractivity contribution >= 4 is 5.69 Å². The van der Waals surface area contributed by atoms with E-state index in [-0.39, 0.29) is 10.6 Å². The molecule has 0 radical (unpaired) electrons. The van der Waals surface area contributed by atoms with Crippen LogP contribution in [0.5, 0.6) is 0 Å². The molecule has 0 aromatic heterocycles. The minimum absolute atomic E-state index is 0.114. The summed E-state index contributed by atoms with van der Waals surface area (Å²) in [7, 11) is 0. The van der Waals surface area contributed by atoms with Gasteiger partial charge in [0.15, 0.2) is 0 Å². The highest BCUT2D eigenvalue weighted by molar-refractivity contribution is 5.33. The molecule has 20 heavy (non-hydrogen) atoms. The standard InChI is InChI=1S/C15H22N2O3/c16-9-13-5-1-2-6-14(13)11-20-10-12-4-3-7-15(8-12)17(18)19/h3-4,7-8,13-14H,1-2,5-6,9-11,16H2. The molecule has 1 aromatic rings. The summed E-state index contributed by atoms with van der Waals surface area (Å²) in [6.45, 7) is 1.85. The van der Waals surface area contributed by atoms with Crippen LogP contribution >= 0.6 is 0 Å². The lowest BCUT2D eigenvalue weighted by Gasteiger charge is -2.30. The van der Waals surface area contributed by atoms with Crippen molar-refractivity contribution in [3.05, 3.63) is 39.9 Å². The van der Waals surface area contributed by atoms with Crippen LogP contribution in [0.3, 0.4) is 0 Å². The summed E-state index contributed by atoms with van der Waals surface area (Å²) in [5.41, 5.74) is 6.76. The molecule has 5 heteroatoms. The van der Waals surface area contributed by atoms with E-state index >= 15 is 0 Å². The molecule has 0 spiro atoms. The lowest BCUT2D eigenvalue weighted by molar-refractivity contribution is -0.384. The van der Waals surface area contributed by atoms with Crippen molar-refractivity contribution < 1.29 is 9.66 Å². The molecule has 2 atom stereocenters. The summed E-state index contributed by atoms with van der Waals surface area (Å²) in [6.07, 6.45) is 4.89. The molecule has 1 aromatic carbocycles. The fourth-order valence-corrected chi connectivity index (χ4v) is 2.90. The van der Waals surface area contributed by atoms with Crippen molar-refractivity contribution in [2.45, 2.75) is 32.3 Å². The Morgan fingerprint density at radius 2 is 2.05 bits per heavy atom. The Hall–Kier alpha value is -1.46. The van der Waals surface area contributed by atoms with Gasteiger partial charge >= 0.3 is 0 Å². The zero-order valence-electron chi connectivity index (χ0n) is 11.7. The van der Waals surface area contributed by atoms with E-state index in [0.29, 0.717) is 25.0 Å². The number of hydrogen-bond donors (Lipinski definition) is 1. The molecule has 0 bridgehead atoms. The van der Waals surface area contributed by atoms with Gasteiger partial charge in [-0.1, -0.05) is 25.0 Å². The minimum atomic E-state index is -0.380. The summed E-state index contributed by atoms with van der Waals surface area (Å²) < 4.78 is 5.75. The van der Waals surface area contributed by atoms with E-state index < -0.39 is 0 Å². The van der Waals surface area contributed by atoms with Gasteiger partial charge in [-0.05, 0) is 36.8 Å². The summed E-state index contributed by atoms with van der Waals surface area (Å²) in [5, 5.41) is 10.7. The average molecular weight is 278 g/mol. The van der Waals surface area contributed by atoms with Crippen LogP contribution in [0.25, 0.3) is 0 Å². The highest BCUT2D eigenvalue weighted by Gasteiger charge is 2.23. The Morgan fingerprint density at radius 3 is 2.75 bits per heavy atom. The third kappa shape index (κ3) is 4.02. The van der Waals surface area contributed by atoms with Crippen LogP contribution in [-0.4, -0.2) is 18.1 Å².